The van der Waals surface area contributed by atoms with Crippen LogP contribution in [0.2, 0.25) is 0 Å². The number of ether oxygens (including phenoxy) is 1. The first kappa shape index (κ1) is 36.7. The Morgan fingerprint density at radius 2 is 1.81 bits per heavy atom. The standard InChI is InChI=1S/C30H31F2N5O3.C4H9N.C2H4/c1-19-12-15-37(18-19)30(2,3)13-10-23-25(11-14-34-28(23)33)40-26-9-8-22(17-24(26)32)35-29(39)36-27(38)16-20-4-6-21(31)7-5-20;1-2-4-5-3-1;1-2/h4-9,11,14,17,19H,12,15-16,18H2,1-3H3,(H2,33,34)(H2,35,36,38,39);5H,1-4H2;1-2H2/t19-;;/m0../s1. The number of carbonyl (C=O) groups is 2. The van der Waals surface area contributed by atoms with Gasteiger partial charge in [0.25, 0.3) is 0 Å². The highest BCUT2D eigenvalue weighted by Crippen LogP contribution is 2.31. The molecule has 47 heavy (non-hydrogen) atoms. The number of carbonyl (C=O) groups excluding carboxylic acids is 2. The molecule has 2 aliphatic rings. The molecule has 1 aromatic heterocycles. The highest BCUT2D eigenvalue weighted by molar-refractivity contribution is 6.01. The van der Waals surface area contributed by atoms with Crippen molar-refractivity contribution in [3.05, 3.63) is 90.6 Å². The molecule has 0 unspecified atom stereocenters. The van der Waals surface area contributed by atoms with Crippen molar-refractivity contribution in [1.82, 2.24) is 20.5 Å². The van der Waals surface area contributed by atoms with Crippen molar-refractivity contribution in [1.29, 1.82) is 0 Å². The Morgan fingerprint density at radius 3 is 2.40 bits per heavy atom. The molecule has 0 saturated carbocycles. The van der Waals surface area contributed by atoms with Gasteiger partial charge in [0.1, 0.15) is 22.9 Å². The van der Waals surface area contributed by atoms with Crippen molar-refractivity contribution >= 4 is 23.4 Å². The van der Waals surface area contributed by atoms with Crippen LogP contribution in [0.3, 0.4) is 0 Å². The van der Waals surface area contributed by atoms with Crippen LogP contribution in [-0.4, -0.2) is 53.5 Å². The van der Waals surface area contributed by atoms with Gasteiger partial charge >= 0.3 is 6.03 Å². The highest BCUT2D eigenvalue weighted by Gasteiger charge is 2.30. The Morgan fingerprint density at radius 1 is 1.11 bits per heavy atom. The average Bonchev–Trinajstić information content (AvgIpc) is 3.76. The first-order valence-electron chi connectivity index (χ1n) is 15.6. The average molecular weight is 647 g/mol. The minimum atomic E-state index is -0.838. The monoisotopic (exact) mass is 646 g/mol. The van der Waals surface area contributed by atoms with E-state index in [-0.39, 0.29) is 29.4 Å². The molecule has 3 amide bonds. The Bertz CT molecular complexity index is 1560. The van der Waals surface area contributed by atoms with Gasteiger partial charge in [-0.1, -0.05) is 30.9 Å². The van der Waals surface area contributed by atoms with Gasteiger partial charge in [0.15, 0.2) is 11.6 Å². The lowest BCUT2D eigenvalue weighted by atomic mass is 10.0. The number of amides is 3. The third-order valence-corrected chi connectivity index (χ3v) is 7.55. The molecule has 0 spiro atoms. The summed E-state index contributed by atoms with van der Waals surface area (Å²) in [4.78, 5) is 30.7. The van der Waals surface area contributed by atoms with Crippen LogP contribution >= 0.6 is 0 Å². The minimum absolute atomic E-state index is 0.104. The number of hydrogen-bond acceptors (Lipinski definition) is 7. The Hall–Kier alpha value is -4.79. The van der Waals surface area contributed by atoms with E-state index in [1.807, 2.05) is 13.8 Å². The molecule has 9 nitrogen and oxygen atoms in total. The summed E-state index contributed by atoms with van der Waals surface area (Å²) in [6, 6.07) is 9.89. The molecular weight excluding hydrogens is 602 g/mol. The van der Waals surface area contributed by atoms with E-state index in [2.05, 4.69) is 57.8 Å². The van der Waals surface area contributed by atoms with Crippen molar-refractivity contribution in [3.63, 3.8) is 0 Å². The van der Waals surface area contributed by atoms with Crippen LogP contribution in [0.4, 0.5) is 25.1 Å². The van der Waals surface area contributed by atoms with Crippen LogP contribution in [0.1, 0.15) is 51.2 Å². The van der Waals surface area contributed by atoms with Gasteiger partial charge in [0, 0.05) is 30.6 Å². The molecule has 3 heterocycles. The van der Waals surface area contributed by atoms with Crippen LogP contribution < -0.4 is 26.4 Å². The maximum Gasteiger partial charge on any atom is 0.325 e. The predicted octanol–water partition coefficient (Wildman–Crippen LogP) is 6.27. The highest BCUT2D eigenvalue weighted by atomic mass is 19.1. The summed E-state index contributed by atoms with van der Waals surface area (Å²) in [5, 5.41) is 7.78. The summed E-state index contributed by atoms with van der Waals surface area (Å²) in [5.74, 6) is 5.48. The van der Waals surface area contributed by atoms with Gasteiger partial charge in [-0.25, -0.2) is 18.6 Å². The summed E-state index contributed by atoms with van der Waals surface area (Å²) in [6.45, 7) is 16.7. The third-order valence-electron chi connectivity index (χ3n) is 7.55. The molecule has 2 fully saturated rings. The largest absolute Gasteiger partial charge is 0.453 e. The first-order valence-corrected chi connectivity index (χ1v) is 15.6. The summed E-state index contributed by atoms with van der Waals surface area (Å²) in [5.41, 5.74) is 6.68. The number of nitrogen functional groups attached to an aromatic ring is 1. The topological polar surface area (TPSA) is 122 Å². The molecule has 3 aromatic rings. The second-order valence-electron chi connectivity index (χ2n) is 11.7. The van der Waals surface area contributed by atoms with Gasteiger partial charge in [-0.2, -0.15) is 0 Å². The predicted molar refractivity (Wildman–Crippen MR) is 182 cm³/mol. The lowest BCUT2D eigenvalue weighted by Crippen LogP contribution is -2.41. The van der Waals surface area contributed by atoms with Gasteiger partial charge in [0.05, 0.1) is 12.0 Å². The van der Waals surface area contributed by atoms with E-state index in [0.717, 1.165) is 25.6 Å². The zero-order valence-electron chi connectivity index (χ0n) is 27.3. The zero-order valence-corrected chi connectivity index (χ0v) is 27.3. The summed E-state index contributed by atoms with van der Waals surface area (Å²) >= 11 is 0. The van der Waals surface area contributed by atoms with Gasteiger partial charge in [-0.3, -0.25) is 15.0 Å². The minimum Gasteiger partial charge on any atom is -0.453 e. The van der Waals surface area contributed by atoms with Crippen molar-refractivity contribution in [3.8, 4) is 23.3 Å². The van der Waals surface area contributed by atoms with Crippen molar-refractivity contribution in [2.75, 3.05) is 37.2 Å². The van der Waals surface area contributed by atoms with E-state index in [1.165, 1.54) is 68.5 Å². The van der Waals surface area contributed by atoms with E-state index in [1.54, 1.807) is 6.07 Å². The van der Waals surface area contributed by atoms with Crippen LogP contribution in [0.15, 0.2) is 67.9 Å². The van der Waals surface area contributed by atoms with Crippen LogP contribution in [0.5, 0.6) is 11.5 Å². The van der Waals surface area contributed by atoms with Crippen molar-refractivity contribution < 1.29 is 23.1 Å². The summed E-state index contributed by atoms with van der Waals surface area (Å²) in [7, 11) is 0. The number of pyridine rings is 1. The number of nitrogens with zero attached hydrogens (tertiary/aromatic N) is 2. The number of hydrogen-bond donors (Lipinski definition) is 4. The quantitative estimate of drug-likeness (QED) is 0.184. The molecule has 1 atom stereocenters. The Kier molecular flexibility index (Phi) is 13.9. The fraction of sp³-hybridized carbons (Fsp3) is 0.361. The number of likely N-dealkylation sites (tertiary alicyclic amines) is 1. The van der Waals surface area contributed by atoms with Crippen LogP contribution in [-0.2, 0) is 11.2 Å². The first-order chi connectivity index (χ1) is 22.5. The Labute approximate surface area is 276 Å². The maximum atomic E-state index is 14.9. The van der Waals surface area contributed by atoms with Gasteiger partial charge in [-0.05, 0) is 88.5 Å². The lowest BCUT2D eigenvalue weighted by molar-refractivity contribution is -0.119. The number of rotatable bonds is 6. The van der Waals surface area contributed by atoms with Crippen molar-refractivity contribution in [2.24, 2.45) is 5.92 Å². The SMILES string of the molecule is C1CCNC1.C=C.C[C@H]1CCN(C(C)(C)C#Cc2c(Oc3ccc(NC(=O)NC(=O)Cc4ccc(F)cc4)cc3F)ccnc2N)C1. The Balaban J connectivity index is 0.000000770. The molecule has 0 radical (unpaired) electrons. The number of nitrogens with one attached hydrogen (secondary N) is 3. The molecule has 5 rings (SSSR count). The lowest BCUT2D eigenvalue weighted by Gasteiger charge is -2.30. The molecular formula is C36H44F2N6O3. The summed E-state index contributed by atoms with van der Waals surface area (Å²) < 4.78 is 33.8. The van der Waals surface area contributed by atoms with Crippen molar-refractivity contribution in [2.45, 2.75) is 52.0 Å². The molecule has 250 valence electrons. The summed E-state index contributed by atoms with van der Waals surface area (Å²) in [6.07, 6.45) is 5.22. The van der Waals surface area contributed by atoms with E-state index in [0.29, 0.717) is 17.0 Å². The molecule has 0 aliphatic carbocycles. The molecule has 2 saturated heterocycles. The fourth-order valence-electron chi connectivity index (χ4n) is 4.93. The number of urea groups is 1. The number of anilines is 2. The zero-order chi connectivity index (χ0) is 34.4. The number of aromatic nitrogens is 1. The van der Waals surface area contributed by atoms with E-state index in [9.17, 15) is 18.4 Å². The van der Waals surface area contributed by atoms with E-state index >= 15 is 0 Å². The van der Waals surface area contributed by atoms with Crippen LogP contribution in [0, 0.1) is 29.4 Å². The second kappa shape index (κ2) is 17.8. The van der Waals surface area contributed by atoms with Crippen LogP contribution in [0.25, 0.3) is 0 Å². The second-order valence-corrected chi connectivity index (χ2v) is 11.7. The molecule has 5 N–H and O–H groups in total. The molecule has 0 bridgehead atoms. The smallest absolute Gasteiger partial charge is 0.325 e. The number of halogens is 2. The van der Waals surface area contributed by atoms with Gasteiger partial charge in [0.2, 0.25) is 5.91 Å². The maximum absolute atomic E-state index is 14.9. The van der Waals surface area contributed by atoms with Gasteiger partial charge in [-0.15, -0.1) is 13.2 Å². The molecule has 2 aliphatic heterocycles. The van der Waals surface area contributed by atoms with E-state index < -0.39 is 29.1 Å². The number of benzene rings is 2. The number of nitrogens with two attached hydrogens (primary N) is 1. The fourth-order valence-corrected chi connectivity index (χ4v) is 4.93. The van der Waals surface area contributed by atoms with Gasteiger partial charge < -0.3 is 21.1 Å². The number of imide groups is 1. The normalized spacial score (nSPS) is 15.6. The molecule has 11 heteroatoms. The van der Waals surface area contributed by atoms with E-state index in [4.69, 9.17) is 10.5 Å². The molecule has 2 aromatic carbocycles. The third kappa shape index (κ3) is 11.5.